The van der Waals surface area contributed by atoms with Gasteiger partial charge in [0.2, 0.25) is 0 Å². The highest BCUT2D eigenvalue weighted by Crippen LogP contribution is 2.26. The number of morpholine rings is 1. The average Bonchev–Trinajstić information content (AvgIpc) is 2.26. The fourth-order valence-corrected chi connectivity index (χ4v) is 2.37. The maximum Gasteiger partial charge on any atom is 0.253 e. The highest BCUT2D eigenvalue weighted by molar-refractivity contribution is 5.82. The monoisotopic (exact) mass is 228 g/mol. The van der Waals surface area contributed by atoms with Gasteiger partial charge in [0.25, 0.3) is 5.91 Å². The molecule has 2 heterocycles. The van der Waals surface area contributed by atoms with E-state index in [1.807, 2.05) is 6.92 Å². The first kappa shape index (κ1) is 11.8. The van der Waals surface area contributed by atoms with Gasteiger partial charge in [0, 0.05) is 13.1 Å². The summed E-state index contributed by atoms with van der Waals surface area (Å²) in [5.41, 5.74) is -0.646. The van der Waals surface area contributed by atoms with Gasteiger partial charge in [-0.3, -0.25) is 4.79 Å². The van der Waals surface area contributed by atoms with Crippen molar-refractivity contribution < 1.29 is 14.6 Å². The van der Waals surface area contributed by atoms with Crippen LogP contribution in [0.1, 0.15) is 19.8 Å². The molecular weight excluding hydrogens is 208 g/mol. The molecule has 2 N–H and O–H groups in total. The maximum absolute atomic E-state index is 11.9. The Morgan fingerprint density at radius 1 is 1.62 bits per heavy atom. The lowest BCUT2D eigenvalue weighted by molar-refractivity contribution is -0.169. The van der Waals surface area contributed by atoms with E-state index >= 15 is 0 Å². The van der Waals surface area contributed by atoms with Crippen molar-refractivity contribution in [3.05, 3.63) is 0 Å². The number of carbonyl (C=O) groups is 1. The summed E-state index contributed by atoms with van der Waals surface area (Å²) in [6, 6.07) is 0. The zero-order valence-corrected chi connectivity index (χ0v) is 9.74. The number of amides is 1. The molecule has 0 spiro atoms. The van der Waals surface area contributed by atoms with Crippen LogP contribution >= 0.6 is 0 Å². The molecule has 5 nitrogen and oxygen atoms in total. The van der Waals surface area contributed by atoms with Crippen molar-refractivity contribution in [2.45, 2.75) is 31.5 Å². The Bertz CT molecular complexity index is 258. The number of hydrogen-bond donors (Lipinski definition) is 2. The van der Waals surface area contributed by atoms with E-state index < -0.39 is 5.60 Å². The van der Waals surface area contributed by atoms with E-state index in [0.717, 1.165) is 19.4 Å². The van der Waals surface area contributed by atoms with Crippen LogP contribution in [0, 0.1) is 0 Å². The quantitative estimate of drug-likeness (QED) is 0.674. The number of rotatable bonds is 3. The second-order valence-electron chi connectivity index (χ2n) is 4.73. The van der Waals surface area contributed by atoms with Crippen molar-refractivity contribution in [1.82, 2.24) is 10.2 Å². The van der Waals surface area contributed by atoms with Crippen molar-refractivity contribution in [3.8, 4) is 0 Å². The largest absolute Gasteiger partial charge is 0.386 e. The SMILES string of the molecule is CCCC1(O)CN(C(=O)C2CNCCO2)C1. The molecule has 0 aromatic heterocycles. The van der Waals surface area contributed by atoms with Crippen LogP contribution < -0.4 is 5.32 Å². The Kier molecular flexibility index (Phi) is 3.47. The molecule has 5 heteroatoms. The van der Waals surface area contributed by atoms with Crippen molar-refractivity contribution in [1.29, 1.82) is 0 Å². The lowest BCUT2D eigenvalue weighted by Gasteiger charge is -2.47. The van der Waals surface area contributed by atoms with Crippen LogP contribution in [0.25, 0.3) is 0 Å². The first-order chi connectivity index (χ1) is 7.64. The fraction of sp³-hybridized carbons (Fsp3) is 0.909. The molecule has 0 aromatic rings. The van der Waals surface area contributed by atoms with E-state index in [4.69, 9.17) is 4.74 Å². The summed E-state index contributed by atoms with van der Waals surface area (Å²) in [6.07, 6.45) is 1.35. The number of ether oxygens (including phenoxy) is 1. The minimum Gasteiger partial charge on any atom is -0.386 e. The maximum atomic E-state index is 11.9. The Hall–Kier alpha value is -0.650. The van der Waals surface area contributed by atoms with Gasteiger partial charge in [0.15, 0.2) is 0 Å². The minimum absolute atomic E-state index is 0.00739. The molecule has 0 radical (unpaired) electrons. The van der Waals surface area contributed by atoms with Crippen molar-refractivity contribution in [3.63, 3.8) is 0 Å². The van der Waals surface area contributed by atoms with E-state index in [1.165, 1.54) is 0 Å². The van der Waals surface area contributed by atoms with Crippen LogP contribution in [0.15, 0.2) is 0 Å². The van der Waals surface area contributed by atoms with Crippen LogP contribution in [-0.2, 0) is 9.53 Å². The van der Waals surface area contributed by atoms with Crippen LogP contribution in [0.5, 0.6) is 0 Å². The molecule has 1 atom stereocenters. The molecule has 2 saturated heterocycles. The third-order valence-corrected chi connectivity index (χ3v) is 3.20. The number of likely N-dealkylation sites (tertiary alicyclic amines) is 1. The predicted octanol–water partition coefficient (Wildman–Crippen LogP) is -0.652. The van der Waals surface area contributed by atoms with Crippen LogP contribution in [0.2, 0.25) is 0 Å². The molecule has 92 valence electrons. The van der Waals surface area contributed by atoms with Gasteiger partial charge in [0.05, 0.1) is 25.3 Å². The molecule has 2 rings (SSSR count). The van der Waals surface area contributed by atoms with Crippen LogP contribution in [0.4, 0.5) is 0 Å². The molecule has 2 fully saturated rings. The van der Waals surface area contributed by atoms with E-state index in [-0.39, 0.29) is 12.0 Å². The zero-order chi connectivity index (χ0) is 11.6. The van der Waals surface area contributed by atoms with Gasteiger partial charge in [-0.15, -0.1) is 0 Å². The summed E-state index contributed by atoms with van der Waals surface area (Å²) in [5, 5.41) is 13.1. The Morgan fingerprint density at radius 3 is 2.94 bits per heavy atom. The van der Waals surface area contributed by atoms with E-state index in [9.17, 15) is 9.90 Å². The number of β-amino-alcohol motifs (C(OH)–C–C–N with tert-alkyl or cyclic N) is 1. The van der Waals surface area contributed by atoms with Crippen molar-refractivity contribution in [2.75, 3.05) is 32.8 Å². The molecule has 0 saturated carbocycles. The van der Waals surface area contributed by atoms with Crippen LogP contribution in [-0.4, -0.2) is 60.4 Å². The topological polar surface area (TPSA) is 61.8 Å². The third-order valence-electron chi connectivity index (χ3n) is 3.20. The lowest BCUT2D eigenvalue weighted by Crippen LogP contribution is -2.66. The number of nitrogens with one attached hydrogen (secondary N) is 1. The third kappa shape index (κ3) is 2.36. The number of carbonyl (C=O) groups excluding carboxylic acids is 1. The number of aliphatic hydroxyl groups is 1. The summed E-state index contributed by atoms with van der Waals surface area (Å²) in [4.78, 5) is 13.6. The highest BCUT2D eigenvalue weighted by Gasteiger charge is 2.44. The molecule has 0 aromatic carbocycles. The second kappa shape index (κ2) is 4.69. The molecule has 1 amide bonds. The Morgan fingerprint density at radius 2 is 2.38 bits per heavy atom. The molecule has 16 heavy (non-hydrogen) atoms. The van der Waals surface area contributed by atoms with Gasteiger partial charge < -0.3 is 20.1 Å². The first-order valence-corrected chi connectivity index (χ1v) is 5.98. The minimum atomic E-state index is -0.646. The predicted molar refractivity (Wildman–Crippen MR) is 59.0 cm³/mol. The lowest BCUT2D eigenvalue weighted by atomic mass is 9.89. The summed E-state index contributed by atoms with van der Waals surface area (Å²) in [7, 11) is 0. The van der Waals surface area contributed by atoms with Gasteiger partial charge >= 0.3 is 0 Å². The average molecular weight is 228 g/mol. The Balaban J connectivity index is 1.80. The summed E-state index contributed by atoms with van der Waals surface area (Å²) >= 11 is 0. The van der Waals surface area contributed by atoms with Gasteiger partial charge in [-0.1, -0.05) is 13.3 Å². The van der Waals surface area contributed by atoms with Gasteiger partial charge in [-0.2, -0.15) is 0 Å². The highest BCUT2D eigenvalue weighted by atomic mass is 16.5. The molecule has 2 aliphatic rings. The number of nitrogens with zero attached hydrogens (tertiary/aromatic N) is 1. The normalized spacial score (nSPS) is 28.6. The Labute approximate surface area is 95.8 Å². The van der Waals surface area contributed by atoms with E-state index in [0.29, 0.717) is 26.2 Å². The van der Waals surface area contributed by atoms with Gasteiger partial charge in [-0.25, -0.2) is 0 Å². The van der Waals surface area contributed by atoms with E-state index in [2.05, 4.69) is 5.32 Å². The second-order valence-corrected chi connectivity index (χ2v) is 4.73. The van der Waals surface area contributed by atoms with Crippen molar-refractivity contribution >= 4 is 5.91 Å². The molecule has 0 aliphatic carbocycles. The molecule has 2 aliphatic heterocycles. The molecule has 1 unspecified atom stereocenters. The molecule has 0 bridgehead atoms. The fourth-order valence-electron chi connectivity index (χ4n) is 2.37. The summed E-state index contributed by atoms with van der Waals surface area (Å²) < 4.78 is 5.39. The van der Waals surface area contributed by atoms with Crippen LogP contribution in [0.3, 0.4) is 0 Å². The standard InChI is InChI=1S/C11H20N2O3/c1-2-3-11(15)7-13(8-11)10(14)9-6-12-4-5-16-9/h9,12,15H,2-8H2,1H3. The van der Waals surface area contributed by atoms with E-state index in [1.54, 1.807) is 4.90 Å². The summed E-state index contributed by atoms with van der Waals surface area (Å²) in [5.74, 6) is 0.00739. The smallest absolute Gasteiger partial charge is 0.253 e. The molecular formula is C11H20N2O3. The van der Waals surface area contributed by atoms with Gasteiger partial charge in [-0.05, 0) is 6.42 Å². The number of hydrogen-bond acceptors (Lipinski definition) is 4. The first-order valence-electron chi connectivity index (χ1n) is 5.98. The zero-order valence-electron chi connectivity index (χ0n) is 9.74. The van der Waals surface area contributed by atoms with Gasteiger partial charge in [0.1, 0.15) is 6.10 Å². The summed E-state index contributed by atoms with van der Waals surface area (Å²) in [6.45, 7) is 4.93. The van der Waals surface area contributed by atoms with Crippen molar-refractivity contribution in [2.24, 2.45) is 0 Å².